The molecule has 1 fully saturated rings. The van der Waals surface area contributed by atoms with E-state index in [1.165, 1.54) is 56.3 Å². The Balaban J connectivity index is 1.21. The van der Waals surface area contributed by atoms with E-state index in [2.05, 4.69) is 191 Å². The normalized spacial score (nSPS) is 20.8. The molecule has 3 aliphatic heterocycles. The van der Waals surface area contributed by atoms with Crippen molar-refractivity contribution in [2.75, 3.05) is 50.8 Å². The molecule has 0 spiro atoms. The summed E-state index contributed by atoms with van der Waals surface area (Å²) >= 11 is 4.53. The van der Waals surface area contributed by atoms with E-state index in [0.29, 0.717) is 5.75 Å². The summed E-state index contributed by atoms with van der Waals surface area (Å²) in [4.78, 5) is 18.8. The number of ether oxygens (including phenoxy) is 1. The molecule has 1 aliphatic carbocycles. The van der Waals surface area contributed by atoms with Gasteiger partial charge in [-0.15, -0.1) is 0 Å². The molecular weight excluding hydrogens is 922 g/mol. The molecule has 0 unspecified atom stereocenters. The summed E-state index contributed by atoms with van der Waals surface area (Å²) in [6.45, 7) is 20.2. The van der Waals surface area contributed by atoms with Crippen molar-refractivity contribution in [1.29, 1.82) is 0 Å². The molecular formula is C47H55I2N4O3+. The van der Waals surface area contributed by atoms with Gasteiger partial charge in [0.05, 0.1) is 12.6 Å². The predicted octanol–water partition coefficient (Wildman–Crippen LogP) is 10.2. The summed E-state index contributed by atoms with van der Waals surface area (Å²) in [6.07, 6.45) is 13.0. The van der Waals surface area contributed by atoms with Crippen LogP contribution in [-0.2, 0) is 22.2 Å². The summed E-state index contributed by atoms with van der Waals surface area (Å²) in [6, 6.07) is 22.1. The number of hydrogen-bond donors (Lipinski definition) is 1. The molecule has 294 valence electrons. The van der Waals surface area contributed by atoms with Crippen molar-refractivity contribution in [2.45, 2.75) is 78.2 Å². The van der Waals surface area contributed by atoms with Gasteiger partial charge < -0.3 is 19.6 Å². The number of carboxylic acid groups (broad SMARTS) is 1. The molecule has 3 heterocycles. The molecule has 9 heteroatoms. The first kappa shape index (κ1) is 40.8. The molecule has 0 bridgehead atoms. The summed E-state index contributed by atoms with van der Waals surface area (Å²) in [5.74, 6) is -0.316. The van der Waals surface area contributed by atoms with E-state index in [1.807, 2.05) is 0 Å². The van der Waals surface area contributed by atoms with Crippen molar-refractivity contribution in [3.63, 3.8) is 0 Å². The lowest BCUT2D eigenvalue weighted by Gasteiger charge is -2.40. The van der Waals surface area contributed by atoms with E-state index in [-0.39, 0.29) is 17.4 Å². The van der Waals surface area contributed by atoms with Crippen LogP contribution in [0.3, 0.4) is 0 Å². The molecule has 56 heavy (non-hydrogen) atoms. The third-order valence-corrected chi connectivity index (χ3v) is 13.7. The highest BCUT2D eigenvalue weighted by atomic mass is 127. The van der Waals surface area contributed by atoms with Crippen LogP contribution in [0.15, 0.2) is 108 Å². The minimum absolute atomic E-state index is 0.0733. The average Bonchev–Trinajstić information content (AvgIpc) is 3.54. The van der Waals surface area contributed by atoms with Crippen LogP contribution in [0.5, 0.6) is 5.75 Å². The van der Waals surface area contributed by atoms with E-state index in [0.717, 1.165) is 72.2 Å². The second-order valence-corrected chi connectivity index (χ2v) is 18.6. The number of allylic oxidation sites excluding steroid dienone is 7. The highest BCUT2D eigenvalue weighted by molar-refractivity contribution is 14.1. The number of carboxylic acids is 1. The number of benzene rings is 3. The predicted molar refractivity (Wildman–Crippen MR) is 245 cm³/mol. The first-order valence-corrected chi connectivity index (χ1v) is 22.2. The SMILES string of the molecule is CCN1/C(=C/C=C2\CCCC(/C=C/C3=[N+](CC)c4ccccc4C3(C)C)=C2N2CCN(Cc3cc(I)c(OCC(=O)O)c(I)c3)CC2)C(C)(C)c2ccccc21. The van der Waals surface area contributed by atoms with Gasteiger partial charge in [-0.05, 0) is 139 Å². The van der Waals surface area contributed by atoms with Crippen molar-refractivity contribution in [2.24, 2.45) is 0 Å². The number of rotatable bonds is 11. The molecule has 7 rings (SSSR count). The second-order valence-electron chi connectivity index (χ2n) is 16.3. The fraction of sp³-hybridized carbons (Fsp3) is 0.404. The molecule has 0 atom stereocenters. The fourth-order valence-electron chi connectivity index (χ4n) is 9.33. The van der Waals surface area contributed by atoms with E-state index >= 15 is 0 Å². The molecule has 0 amide bonds. The highest BCUT2D eigenvalue weighted by Gasteiger charge is 2.44. The Hall–Kier alpha value is -3.42. The molecule has 0 saturated carbocycles. The molecule has 0 aromatic heterocycles. The molecule has 1 saturated heterocycles. The minimum Gasteiger partial charge on any atom is -0.480 e. The Bertz CT molecular complexity index is 2150. The number of likely N-dealkylation sites (N-methyl/N-ethyl adjacent to an activating group) is 1. The van der Waals surface area contributed by atoms with Gasteiger partial charge in [0, 0.05) is 79.5 Å². The Morgan fingerprint density at radius 3 is 2.23 bits per heavy atom. The first-order valence-electron chi connectivity index (χ1n) is 20.1. The van der Waals surface area contributed by atoms with Crippen LogP contribution in [0.25, 0.3) is 0 Å². The van der Waals surface area contributed by atoms with Crippen molar-refractivity contribution in [3.05, 3.63) is 131 Å². The van der Waals surface area contributed by atoms with Crippen molar-refractivity contribution in [3.8, 4) is 5.75 Å². The largest absolute Gasteiger partial charge is 0.480 e. The van der Waals surface area contributed by atoms with Gasteiger partial charge in [0.25, 0.3) is 0 Å². The van der Waals surface area contributed by atoms with Gasteiger partial charge in [0.1, 0.15) is 12.3 Å². The molecule has 1 N–H and O–H groups in total. The molecule has 0 radical (unpaired) electrons. The highest BCUT2D eigenvalue weighted by Crippen LogP contribution is 2.48. The second kappa shape index (κ2) is 16.8. The lowest BCUT2D eigenvalue weighted by molar-refractivity contribution is -0.433. The maximum Gasteiger partial charge on any atom is 0.341 e. The number of aliphatic carboxylic acids is 1. The van der Waals surface area contributed by atoms with E-state index in [9.17, 15) is 4.79 Å². The number of nitrogens with zero attached hydrogens (tertiary/aromatic N) is 4. The monoisotopic (exact) mass is 977 g/mol. The summed E-state index contributed by atoms with van der Waals surface area (Å²) in [7, 11) is 0. The third-order valence-electron chi connectivity index (χ3n) is 12.1. The number of fused-ring (bicyclic) bond motifs is 2. The molecule has 3 aromatic carbocycles. The Kier molecular flexibility index (Phi) is 12.2. The number of carbonyl (C=O) groups is 1. The summed E-state index contributed by atoms with van der Waals surface area (Å²) in [5.41, 5.74) is 13.5. The van der Waals surface area contributed by atoms with E-state index in [1.54, 1.807) is 0 Å². The number of halogens is 2. The van der Waals surface area contributed by atoms with Crippen LogP contribution in [0.2, 0.25) is 0 Å². The smallest absolute Gasteiger partial charge is 0.341 e. The van der Waals surface area contributed by atoms with Gasteiger partial charge in [-0.3, -0.25) is 4.90 Å². The van der Waals surface area contributed by atoms with Gasteiger partial charge in [-0.25, -0.2) is 4.79 Å². The Labute approximate surface area is 360 Å². The number of anilines is 1. The lowest BCUT2D eigenvalue weighted by Crippen LogP contribution is -2.46. The van der Waals surface area contributed by atoms with Crippen molar-refractivity contribution >= 4 is 68.2 Å². The van der Waals surface area contributed by atoms with Crippen molar-refractivity contribution < 1.29 is 19.2 Å². The zero-order valence-corrected chi connectivity index (χ0v) is 38.0. The summed E-state index contributed by atoms with van der Waals surface area (Å²) < 4.78 is 9.99. The number of hydrogen-bond acceptors (Lipinski definition) is 5. The van der Waals surface area contributed by atoms with Crippen LogP contribution in [0, 0.1) is 7.14 Å². The van der Waals surface area contributed by atoms with Gasteiger partial charge in [-0.2, -0.15) is 4.58 Å². The van der Waals surface area contributed by atoms with Crippen LogP contribution in [0.4, 0.5) is 11.4 Å². The summed E-state index contributed by atoms with van der Waals surface area (Å²) in [5, 5.41) is 9.13. The van der Waals surface area contributed by atoms with Crippen LogP contribution < -0.4 is 9.64 Å². The van der Waals surface area contributed by atoms with E-state index in [4.69, 9.17) is 9.84 Å². The minimum atomic E-state index is -0.967. The maximum absolute atomic E-state index is 11.1. The van der Waals surface area contributed by atoms with Crippen molar-refractivity contribution in [1.82, 2.24) is 9.80 Å². The first-order chi connectivity index (χ1) is 26.8. The number of para-hydroxylation sites is 2. The van der Waals surface area contributed by atoms with Crippen LogP contribution >= 0.6 is 45.2 Å². The zero-order valence-electron chi connectivity index (χ0n) is 33.7. The van der Waals surface area contributed by atoms with Crippen LogP contribution in [-0.4, -0.2) is 77.0 Å². The van der Waals surface area contributed by atoms with Gasteiger partial charge in [0.15, 0.2) is 12.3 Å². The zero-order chi connectivity index (χ0) is 39.8. The quantitative estimate of drug-likeness (QED) is 0.153. The standard InChI is InChI=1S/C47H54I2N4O3/c1-7-52-39-18-11-9-16-35(39)46(3,4)41(52)22-20-33-14-13-15-34(21-23-42-47(5,6)36-17-10-12-19-40(36)53(42)8-2)44(33)51-26-24-50(25-27-51)30-32-28-37(48)45(38(49)29-32)56-31-43(54)55/h9-12,16-23,28-29H,7-8,13-15,24-27,30-31H2,1-6H3/p+1. The average molecular weight is 978 g/mol. The molecule has 4 aliphatic rings. The Morgan fingerprint density at radius 2 is 1.55 bits per heavy atom. The van der Waals surface area contributed by atoms with E-state index < -0.39 is 5.97 Å². The van der Waals surface area contributed by atoms with Crippen LogP contribution in [0.1, 0.15) is 77.5 Å². The number of piperazine rings is 1. The van der Waals surface area contributed by atoms with Gasteiger partial charge >= 0.3 is 5.97 Å². The lowest BCUT2D eigenvalue weighted by atomic mass is 9.81. The van der Waals surface area contributed by atoms with Gasteiger partial charge in [-0.1, -0.05) is 62.4 Å². The maximum atomic E-state index is 11.1. The molecule has 7 nitrogen and oxygen atoms in total. The Morgan fingerprint density at radius 1 is 0.875 bits per heavy atom. The van der Waals surface area contributed by atoms with Gasteiger partial charge in [0.2, 0.25) is 5.69 Å². The third kappa shape index (κ3) is 7.88. The topological polar surface area (TPSA) is 59.3 Å². The fourth-order valence-corrected chi connectivity index (χ4v) is 11.5. The molecule has 3 aromatic rings.